The molecule has 1 aliphatic rings. The molecule has 18 heavy (non-hydrogen) atoms. The zero-order valence-electron chi connectivity index (χ0n) is 10.1. The quantitative estimate of drug-likeness (QED) is 0.773. The highest BCUT2D eigenvalue weighted by atomic mass is 16.5. The zero-order valence-corrected chi connectivity index (χ0v) is 10.1. The van der Waals surface area contributed by atoms with Gasteiger partial charge in [0.25, 0.3) is 5.91 Å². The van der Waals surface area contributed by atoms with Gasteiger partial charge in [-0.25, -0.2) is 0 Å². The summed E-state index contributed by atoms with van der Waals surface area (Å²) in [5.74, 6) is -0.00871. The second-order valence-corrected chi connectivity index (χ2v) is 4.46. The highest BCUT2D eigenvalue weighted by Gasteiger charge is 2.31. The summed E-state index contributed by atoms with van der Waals surface area (Å²) in [6.07, 6.45) is 0.444. The van der Waals surface area contributed by atoms with Crippen LogP contribution in [0.1, 0.15) is 18.9 Å². The van der Waals surface area contributed by atoms with Gasteiger partial charge in [0.2, 0.25) is 0 Å². The van der Waals surface area contributed by atoms with Crippen molar-refractivity contribution in [1.82, 2.24) is 0 Å². The monoisotopic (exact) mass is 245 g/mol. The number of nitrogen functional groups attached to an aromatic ring is 1. The van der Waals surface area contributed by atoms with Gasteiger partial charge < -0.3 is 15.8 Å². The molecule has 0 bridgehead atoms. The van der Waals surface area contributed by atoms with E-state index in [0.29, 0.717) is 23.5 Å². The van der Waals surface area contributed by atoms with E-state index in [9.17, 15) is 4.79 Å². The summed E-state index contributed by atoms with van der Waals surface area (Å²) in [6, 6.07) is 6.82. The van der Waals surface area contributed by atoms with Crippen molar-refractivity contribution in [3.05, 3.63) is 23.8 Å². The average molecular weight is 245 g/mol. The average Bonchev–Trinajstić information content (AvgIpc) is 2.77. The van der Waals surface area contributed by atoms with Crippen molar-refractivity contribution in [2.24, 2.45) is 5.92 Å². The van der Waals surface area contributed by atoms with Crippen LogP contribution in [0.2, 0.25) is 0 Å². The van der Waals surface area contributed by atoms with Crippen LogP contribution < -0.4 is 11.1 Å². The number of rotatable bonds is 2. The van der Waals surface area contributed by atoms with Crippen molar-refractivity contribution < 1.29 is 9.53 Å². The molecule has 0 radical (unpaired) electrons. The number of nitrogens with one attached hydrogen (secondary N) is 1. The van der Waals surface area contributed by atoms with Gasteiger partial charge in [0, 0.05) is 12.3 Å². The van der Waals surface area contributed by atoms with Crippen molar-refractivity contribution in [2.45, 2.75) is 19.4 Å². The summed E-state index contributed by atoms with van der Waals surface area (Å²) < 4.78 is 5.38. The topological polar surface area (TPSA) is 88.1 Å². The first kappa shape index (κ1) is 12.4. The number of hydrogen-bond donors (Lipinski definition) is 2. The van der Waals surface area contributed by atoms with Crippen LogP contribution in [0.3, 0.4) is 0 Å². The highest BCUT2D eigenvalue weighted by Crippen LogP contribution is 2.23. The van der Waals surface area contributed by atoms with Crippen LogP contribution in [0.4, 0.5) is 11.4 Å². The van der Waals surface area contributed by atoms with E-state index >= 15 is 0 Å². The summed E-state index contributed by atoms with van der Waals surface area (Å²) in [7, 11) is 0. The van der Waals surface area contributed by atoms with Crippen molar-refractivity contribution in [1.29, 1.82) is 5.26 Å². The molecule has 1 saturated heterocycles. The number of benzene rings is 1. The third kappa shape index (κ3) is 2.44. The Morgan fingerprint density at radius 3 is 3.00 bits per heavy atom. The van der Waals surface area contributed by atoms with E-state index < -0.39 is 6.10 Å². The van der Waals surface area contributed by atoms with Crippen molar-refractivity contribution in [2.75, 3.05) is 17.7 Å². The number of amides is 1. The Hall–Kier alpha value is -2.06. The van der Waals surface area contributed by atoms with Gasteiger partial charge in [-0.2, -0.15) is 5.26 Å². The minimum absolute atomic E-state index is 0.198. The van der Waals surface area contributed by atoms with E-state index in [1.165, 1.54) is 6.07 Å². The highest BCUT2D eigenvalue weighted by molar-refractivity contribution is 5.95. The summed E-state index contributed by atoms with van der Waals surface area (Å²) in [4.78, 5) is 12.0. The summed E-state index contributed by atoms with van der Waals surface area (Å²) in [6.45, 7) is 2.58. The van der Waals surface area contributed by atoms with Gasteiger partial charge >= 0.3 is 0 Å². The smallest absolute Gasteiger partial charge is 0.253 e. The Morgan fingerprint density at radius 2 is 2.39 bits per heavy atom. The Labute approximate surface area is 106 Å². The molecule has 0 saturated carbocycles. The standard InChI is InChI=1S/C13H15N3O2/c1-8-4-5-18-12(8)13(17)16-11-3-2-10(15)6-9(11)7-14/h2-3,6,8,12H,4-5,15H2,1H3,(H,16,17). The molecule has 0 spiro atoms. The van der Waals surface area contributed by atoms with E-state index in [-0.39, 0.29) is 11.8 Å². The van der Waals surface area contributed by atoms with Crippen LogP contribution in [-0.2, 0) is 9.53 Å². The molecular formula is C13H15N3O2. The van der Waals surface area contributed by atoms with Crippen LogP contribution in [-0.4, -0.2) is 18.6 Å². The number of nitrogens with two attached hydrogens (primary N) is 1. The first-order valence-corrected chi connectivity index (χ1v) is 5.84. The summed E-state index contributed by atoms with van der Waals surface area (Å²) in [5.41, 5.74) is 6.91. The van der Waals surface area contributed by atoms with E-state index in [2.05, 4.69) is 5.32 Å². The molecule has 5 nitrogen and oxygen atoms in total. The van der Waals surface area contributed by atoms with Gasteiger partial charge in [0.1, 0.15) is 12.2 Å². The van der Waals surface area contributed by atoms with Crippen molar-refractivity contribution >= 4 is 17.3 Å². The molecule has 1 fully saturated rings. The molecule has 2 atom stereocenters. The molecule has 0 aromatic heterocycles. The Bertz CT molecular complexity index is 507. The maximum Gasteiger partial charge on any atom is 0.253 e. The van der Waals surface area contributed by atoms with Gasteiger partial charge in [-0.15, -0.1) is 0 Å². The van der Waals surface area contributed by atoms with Crippen LogP contribution in [0, 0.1) is 17.2 Å². The second kappa shape index (κ2) is 5.07. The largest absolute Gasteiger partial charge is 0.399 e. The Balaban J connectivity index is 2.14. The first-order valence-electron chi connectivity index (χ1n) is 5.84. The number of carbonyl (C=O) groups is 1. The first-order chi connectivity index (χ1) is 8.61. The number of hydrogen-bond acceptors (Lipinski definition) is 4. The lowest BCUT2D eigenvalue weighted by Gasteiger charge is -2.15. The third-order valence-corrected chi connectivity index (χ3v) is 3.07. The fourth-order valence-electron chi connectivity index (χ4n) is 2.00. The maximum atomic E-state index is 12.0. The predicted molar refractivity (Wildman–Crippen MR) is 67.7 cm³/mol. The lowest BCUT2D eigenvalue weighted by Crippen LogP contribution is -2.31. The van der Waals surface area contributed by atoms with E-state index in [1.807, 2.05) is 13.0 Å². The second-order valence-electron chi connectivity index (χ2n) is 4.46. The fraction of sp³-hybridized carbons (Fsp3) is 0.385. The predicted octanol–water partition coefficient (Wildman–Crippen LogP) is 1.50. The molecule has 0 aliphatic carbocycles. The minimum Gasteiger partial charge on any atom is -0.399 e. The number of carbonyl (C=O) groups excluding carboxylic acids is 1. The molecule has 94 valence electrons. The maximum absolute atomic E-state index is 12.0. The van der Waals surface area contributed by atoms with Gasteiger partial charge in [-0.05, 0) is 30.5 Å². The lowest BCUT2D eigenvalue weighted by molar-refractivity contribution is -0.126. The van der Waals surface area contributed by atoms with E-state index in [1.54, 1.807) is 12.1 Å². The van der Waals surface area contributed by atoms with Gasteiger partial charge in [0.05, 0.1) is 11.3 Å². The third-order valence-electron chi connectivity index (χ3n) is 3.07. The molecule has 1 amide bonds. The molecule has 1 aromatic carbocycles. The SMILES string of the molecule is CC1CCOC1C(=O)Nc1ccc(N)cc1C#N. The molecule has 1 heterocycles. The fourth-order valence-corrected chi connectivity index (χ4v) is 2.00. The number of nitrogens with zero attached hydrogens (tertiary/aromatic N) is 1. The number of anilines is 2. The molecule has 5 heteroatoms. The normalized spacial score (nSPS) is 22.4. The summed E-state index contributed by atoms with van der Waals surface area (Å²) >= 11 is 0. The lowest BCUT2D eigenvalue weighted by atomic mass is 10.0. The van der Waals surface area contributed by atoms with E-state index in [0.717, 1.165) is 6.42 Å². The van der Waals surface area contributed by atoms with Crippen molar-refractivity contribution in [3.63, 3.8) is 0 Å². The van der Waals surface area contributed by atoms with Crippen molar-refractivity contribution in [3.8, 4) is 6.07 Å². The van der Waals surface area contributed by atoms with Gasteiger partial charge in [0.15, 0.2) is 0 Å². The van der Waals surface area contributed by atoms with Crippen LogP contribution in [0.25, 0.3) is 0 Å². The van der Waals surface area contributed by atoms with E-state index in [4.69, 9.17) is 15.7 Å². The van der Waals surface area contributed by atoms with Crippen LogP contribution in [0.15, 0.2) is 18.2 Å². The summed E-state index contributed by atoms with van der Waals surface area (Å²) in [5, 5.41) is 11.7. The molecular weight excluding hydrogens is 230 g/mol. The van der Waals surface area contributed by atoms with Crippen LogP contribution in [0.5, 0.6) is 0 Å². The molecule has 3 N–H and O–H groups in total. The van der Waals surface area contributed by atoms with Gasteiger partial charge in [-0.1, -0.05) is 6.92 Å². The minimum atomic E-state index is -0.436. The molecule has 1 aliphatic heterocycles. The molecule has 1 aromatic rings. The Kier molecular flexibility index (Phi) is 3.49. The molecule has 2 rings (SSSR count). The number of nitriles is 1. The number of ether oxygens (including phenoxy) is 1. The molecule has 2 unspecified atom stereocenters. The zero-order chi connectivity index (χ0) is 13.1. The van der Waals surface area contributed by atoms with Crippen LogP contribution >= 0.6 is 0 Å². The van der Waals surface area contributed by atoms with Gasteiger partial charge in [-0.3, -0.25) is 4.79 Å². The Morgan fingerprint density at radius 1 is 1.61 bits per heavy atom.